The highest BCUT2D eigenvalue weighted by molar-refractivity contribution is 5.61. The van der Waals surface area contributed by atoms with E-state index in [0.29, 0.717) is 49.1 Å². The maximum Gasteiger partial charge on any atom is 0.416 e. The number of benzene rings is 3. The van der Waals surface area contributed by atoms with Crippen LogP contribution in [-0.4, -0.2) is 19.8 Å². The highest BCUT2D eigenvalue weighted by atomic mass is 19.4. The molecule has 2 N–H and O–H groups in total. The van der Waals surface area contributed by atoms with Crippen LogP contribution in [0.4, 0.5) is 18.9 Å². The van der Waals surface area contributed by atoms with E-state index < -0.39 is 11.7 Å². The van der Waals surface area contributed by atoms with Gasteiger partial charge in [-0.1, -0.05) is 55.6 Å². The molecule has 0 amide bonds. The average Bonchev–Trinajstić information content (AvgIpc) is 2.86. The third kappa shape index (κ3) is 7.09. The quantitative estimate of drug-likeness (QED) is 0.277. The van der Waals surface area contributed by atoms with Crippen LogP contribution < -0.4 is 20.1 Å². The minimum atomic E-state index is -4.37. The molecule has 1 atom stereocenters. The largest absolute Gasteiger partial charge is 0.490 e. The Morgan fingerprint density at radius 1 is 0.892 bits per heavy atom. The van der Waals surface area contributed by atoms with E-state index in [9.17, 15) is 13.2 Å². The number of anilines is 1. The lowest BCUT2D eigenvalue weighted by molar-refractivity contribution is -0.137. The molecular weight excluding hydrogens is 477 g/mol. The van der Waals surface area contributed by atoms with Crippen LogP contribution in [0.1, 0.15) is 36.5 Å². The number of halogens is 3. The predicted molar refractivity (Wildman–Crippen MR) is 143 cm³/mol. The molecule has 4 nitrogen and oxygen atoms in total. The molecule has 3 aromatic rings. The monoisotopic (exact) mass is 510 g/mol. The second-order valence-electron chi connectivity index (χ2n) is 8.50. The third-order valence-corrected chi connectivity index (χ3v) is 5.93. The molecule has 0 aliphatic heterocycles. The number of ether oxygens (including phenoxy) is 2. The van der Waals surface area contributed by atoms with Gasteiger partial charge in [0.25, 0.3) is 0 Å². The summed E-state index contributed by atoms with van der Waals surface area (Å²) in [6.45, 7) is 13.6. The van der Waals surface area contributed by atoms with Gasteiger partial charge in [0.05, 0.1) is 24.7 Å². The molecule has 0 heterocycles. The highest BCUT2D eigenvalue weighted by Gasteiger charge is 2.30. The predicted octanol–water partition coefficient (Wildman–Crippen LogP) is 7.32. The molecule has 0 aromatic heterocycles. The van der Waals surface area contributed by atoms with E-state index in [2.05, 4.69) is 13.2 Å². The van der Waals surface area contributed by atoms with Crippen LogP contribution in [0.2, 0.25) is 0 Å². The van der Waals surface area contributed by atoms with Crippen molar-refractivity contribution in [1.29, 1.82) is 0 Å². The summed E-state index contributed by atoms with van der Waals surface area (Å²) in [4.78, 5) is 2.01. The molecule has 0 bridgehead atoms. The topological polar surface area (TPSA) is 47.7 Å². The van der Waals surface area contributed by atoms with Crippen LogP contribution in [0.25, 0.3) is 0 Å². The zero-order valence-electron chi connectivity index (χ0n) is 21.2. The van der Waals surface area contributed by atoms with E-state index in [1.54, 1.807) is 0 Å². The molecule has 3 rings (SSSR count). The summed E-state index contributed by atoms with van der Waals surface area (Å²) in [5.74, 6) is 0.858. The molecule has 0 spiro atoms. The van der Waals surface area contributed by atoms with E-state index in [4.69, 9.17) is 15.2 Å². The molecule has 0 aliphatic rings. The number of rotatable bonds is 12. The van der Waals surface area contributed by atoms with E-state index in [1.165, 1.54) is 12.1 Å². The van der Waals surface area contributed by atoms with Crippen LogP contribution in [0.3, 0.4) is 0 Å². The SMILES string of the molecule is C=C(N)C(C(=C)N(CCc1ccc(C(F)(F)F)cc1)c1ccc(OCC)c(OCC)c1)c1ccccc1. The van der Waals surface area contributed by atoms with E-state index in [0.717, 1.165) is 28.9 Å². The van der Waals surface area contributed by atoms with Gasteiger partial charge in [0.2, 0.25) is 0 Å². The van der Waals surface area contributed by atoms with Crippen LogP contribution >= 0.6 is 0 Å². The first-order valence-corrected chi connectivity index (χ1v) is 12.2. The molecule has 0 saturated carbocycles. The summed E-state index contributed by atoms with van der Waals surface area (Å²) in [5.41, 5.74) is 9.22. The van der Waals surface area contributed by atoms with E-state index in [-0.39, 0.29) is 5.92 Å². The fourth-order valence-electron chi connectivity index (χ4n) is 4.17. The Bertz CT molecular complexity index is 1190. The van der Waals surface area contributed by atoms with Crippen molar-refractivity contribution in [2.75, 3.05) is 24.7 Å². The van der Waals surface area contributed by atoms with Crippen molar-refractivity contribution < 1.29 is 22.6 Å². The molecule has 37 heavy (non-hydrogen) atoms. The number of hydrogen-bond acceptors (Lipinski definition) is 4. The Morgan fingerprint density at radius 2 is 1.51 bits per heavy atom. The lowest BCUT2D eigenvalue weighted by Crippen LogP contribution is -2.30. The summed E-state index contributed by atoms with van der Waals surface area (Å²) in [6.07, 6.45) is -3.89. The summed E-state index contributed by atoms with van der Waals surface area (Å²) < 4.78 is 50.6. The lowest BCUT2D eigenvalue weighted by Gasteiger charge is -2.33. The van der Waals surface area contributed by atoms with E-state index >= 15 is 0 Å². The Hall–Kier alpha value is -3.87. The summed E-state index contributed by atoms with van der Waals surface area (Å²) >= 11 is 0. The number of nitrogens with zero attached hydrogens (tertiary/aromatic N) is 1. The van der Waals surface area contributed by atoms with Gasteiger partial charge in [-0.05, 0) is 55.7 Å². The van der Waals surface area contributed by atoms with Crippen LogP contribution in [0.15, 0.2) is 97.3 Å². The Balaban J connectivity index is 1.99. The second kappa shape index (κ2) is 12.4. The van der Waals surface area contributed by atoms with Crippen molar-refractivity contribution in [2.24, 2.45) is 5.73 Å². The number of hydrogen-bond donors (Lipinski definition) is 1. The normalized spacial score (nSPS) is 12.0. The summed E-state index contributed by atoms with van der Waals surface area (Å²) in [7, 11) is 0. The first kappa shape index (κ1) is 27.7. The van der Waals surface area contributed by atoms with Crippen molar-refractivity contribution in [2.45, 2.75) is 32.4 Å². The molecule has 3 aromatic carbocycles. The lowest BCUT2D eigenvalue weighted by atomic mass is 9.92. The van der Waals surface area contributed by atoms with Crippen LogP contribution in [-0.2, 0) is 12.6 Å². The zero-order valence-corrected chi connectivity index (χ0v) is 21.2. The van der Waals surface area contributed by atoms with Gasteiger partial charge in [-0.3, -0.25) is 0 Å². The molecule has 1 unspecified atom stereocenters. The van der Waals surface area contributed by atoms with Gasteiger partial charge in [-0.2, -0.15) is 13.2 Å². The van der Waals surface area contributed by atoms with Crippen LogP contribution in [0, 0.1) is 0 Å². The van der Waals surface area contributed by atoms with Crippen molar-refractivity contribution in [1.82, 2.24) is 0 Å². The third-order valence-electron chi connectivity index (χ3n) is 5.93. The van der Waals surface area contributed by atoms with Crippen molar-refractivity contribution in [3.05, 3.63) is 114 Å². The van der Waals surface area contributed by atoms with Gasteiger partial charge in [-0.15, -0.1) is 0 Å². The fourth-order valence-corrected chi connectivity index (χ4v) is 4.17. The minimum Gasteiger partial charge on any atom is -0.490 e. The first-order valence-electron chi connectivity index (χ1n) is 12.2. The van der Waals surface area contributed by atoms with Crippen molar-refractivity contribution in [3.8, 4) is 11.5 Å². The average molecular weight is 511 g/mol. The Kier molecular flexibility index (Phi) is 9.28. The standard InChI is InChI=1S/C30H33F3N2O2/c1-5-36-27-17-16-26(20-28(27)37-6-2)35(19-18-23-12-14-25(15-13-23)30(31,32)33)22(4)29(21(3)34)24-10-8-7-9-11-24/h7-17,20,29H,3-6,18-19,34H2,1-2H3. The second-order valence-corrected chi connectivity index (χ2v) is 8.50. The van der Waals surface area contributed by atoms with Gasteiger partial charge < -0.3 is 20.1 Å². The Morgan fingerprint density at radius 3 is 2.08 bits per heavy atom. The van der Waals surface area contributed by atoms with Gasteiger partial charge in [0.15, 0.2) is 11.5 Å². The minimum absolute atomic E-state index is 0.365. The maximum absolute atomic E-state index is 13.0. The van der Waals surface area contributed by atoms with Crippen molar-refractivity contribution >= 4 is 5.69 Å². The van der Waals surface area contributed by atoms with Gasteiger partial charge in [-0.25, -0.2) is 0 Å². The maximum atomic E-state index is 13.0. The van der Waals surface area contributed by atoms with Gasteiger partial charge >= 0.3 is 6.18 Å². The highest BCUT2D eigenvalue weighted by Crippen LogP contribution is 2.37. The molecule has 196 valence electrons. The van der Waals surface area contributed by atoms with E-state index in [1.807, 2.05) is 67.3 Å². The van der Waals surface area contributed by atoms with Crippen molar-refractivity contribution in [3.63, 3.8) is 0 Å². The molecular formula is C30H33F3N2O2. The first-order chi connectivity index (χ1) is 17.7. The number of nitrogens with two attached hydrogens (primary N) is 1. The number of alkyl halides is 3. The van der Waals surface area contributed by atoms with Gasteiger partial charge in [0, 0.05) is 29.7 Å². The smallest absolute Gasteiger partial charge is 0.416 e. The fraction of sp³-hybridized carbons (Fsp3) is 0.267. The molecule has 0 fully saturated rings. The molecule has 7 heteroatoms. The molecule has 0 radical (unpaired) electrons. The molecule has 0 aliphatic carbocycles. The van der Waals surface area contributed by atoms with Crippen LogP contribution in [0.5, 0.6) is 11.5 Å². The Labute approximate surface area is 216 Å². The van der Waals surface area contributed by atoms with Gasteiger partial charge in [0.1, 0.15) is 0 Å². The summed E-state index contributed by atoms with van der Waals surface area (Å²) in [6, 6.07) is 20.6. The molecule has 0 saturated heterocycles. The zero-order chi connectivity index (χ0) is 27.0. The summed E-state index contributed by atoms with van der Waals surface area (Å²) in [5, 5.41) is 0.